The van der Waals surface area contributed by atoms with E-state index >= 15 is 0 Å². The number of nitrogens with zero attached hydrogens (tertiary/aromatic N) is 3. The van der Waals surface area contributed by atoms with E-state index in [1.807, 2.05) is 30.1 Å². The Morgan fingerprint density at radius 3 is 2.85 bits per heavy atom. The molecule has 1 aromatic heterocycles. The van der Waals surface area contributed by atoms with Gasteiger partial charge in [-0.25, -0.2) is 9.97 Å². The standard InChI is InChI=1S/C18H25N5O3/c1-20-14(11-25)9-13-3-4-15(10-17(13)23(2)7-8-24)26-18(19)16-5-6-21-12-22-16/h3-6,8,10,12,14,18,20,25H,7,9,11,19H2,1-2H3. The lowest BCUT2D eigenvalue weighted by molar-refractivity contribution is -0.106. The molecule has 2 aromatic rings. The van der Waals surface area contributed by atoms with Crippen LogP contribution in [0.25, 0.3) is 0 Å². The first-order valence-electron chi connectivity index (χ1n) is 8.33. The van der Waals surface area contributed by atoms with E-state index in [4.69, 9.17) is 10.5 Å². The minimum absolute atomic E-state index is 0.0180. The van der Waals surface area contributed by atoms with Gasteiger partial charge >= 0.3 is 0 Å². The summed E-state index contributed by atoms with van der Waals surface area (Å²) in [4.78, 5) is 20.7. The minimum atomic E-state index is -0.726. The number of aldehydes is 1. The normalized spacial score (nSPS) is 13.1. The van der Waals surface area contributed by atoms with Crippen LogP contribution in [0.4, 0.5) is 5.69 Å². The van der Waals surface area contributed by atoms with Gasteiger partial charge in [-0.05, 0) is 31.2 Å². The van der Waals surface area contributed by atoms with Crippen molar-refractivity contribution < 1.29 is 14.6 Å². The fraction of sp³-hybridized carbons (Fsp3) is 0.389. The summed E-state index contributed by atoms with van der Waals surface area (Å²) in [5.74, 6) is 0.567. The summed E-state index contributed by atoms with van der Waals surface area (Å²) in [5.41, 5.74) is 8.46. The van der Waals surface area contributed by atoms with Gasteiger partial charge in [-0.1, -0.05) is 6.07 Å². The van der Waals surface area contributed by atoms with E-state index in [-0.39, 0.29) is 19.2 Å². The van der Waals surface area contributed by atoms with E-state index in [0.29, 0.717) is 17.9 Å². The Morgan fingerprint density at radius 2 is 2.23 bits per heavy atom. The molecule has 0 bridgehead atoms. The molecule has 1 aromatic carbocycles. The number of carbonyl (C=O) groups excluding carboxylic acids is 1. The molecule has 8 nitrogen and oxygen atoms in total. The van der Waals surface area contributed by atoms with Crippen LogP contribution >= 0.6 is 0 Å². The number of carbonyl (C=O) groups is 1. The summed E-state index contributed by atoms with van der Waals surface area (Å²) >= 11 is 0. The molecule has 8 heteroatoms. The number of nitrogens with one attached hydrogen (secondary N) is 1. The molecule has 0 radical (unpaired) electrons. The van der Waals surface area contributed by atoms with E-state index in [1.165, 1.54) is 6.33 Å². The molecule has 1 heterocycles. The predicted molar refractivity (Wildman–Crippen MR) is 99.0 cm³/mol. The number of likely N-dealkylation sites (N-methyl/N-ethyl adjacent to an activating group) is 2. The number of rotatable bonds is 10. The second-order valence-corrected chi connectivity index (χ2v) is 5.88. The molecule has 0 saturated carbocycles. The zero-order valence-corrected chi connectivity index (χ0v) is 15.0. The number of hydrogen-bond acceptors (Lipinski definition) is 8. The fourth-order valence-electron chi connectivity index (χ4n) is 2.55. The SMILES string of the molecule is CNC(CO)Cc1ccc(OC(N)c2ccncn2)cc1N(C)CC=O. The Hall–Kier alpha value is -2.55. The summed E-state index contributed by atoms with van der Waals surface area (Å²) in [6.45, 7) is 0.266. The topological polar surface area (TPSA) is 114 Å². The average molecular weight is 359 g/mol. The lowest BCUT2D eigenvalue weighted by Crippen LogP contribution is -2.32. The molecular weight excluding hydrogens is 334 g/mol. The average Bonchev–Trinajstić information content (AvgIpc) is 2.67. The molecule has 0 saturated heterocycles. The van der Waals surface area contributed by atoms with Crippen molar-refractivity contribution in [1.29, 1.82) is 0 Å². The number of aliphatic hydroxyl groups excluding tert-OH is 1. The van der Waals surface area contributed by atoms with Gasteiger partial charge in [-0.2, -0.15) is 0 Å². The predicted octanol–water partition coefficient (Wildman–Crippen LogP) is 0.271. The molecule has 0 amide bonds. The van der Waals surface area contributed by atoms with Gasteiger partial charge in [-0.15, -0.1) is 0 Å². The first-order valence-corrected chi connectivity index (χ1v) is 8.33. The molecule has 26 heavy (non-hydrogen) atoms. The van der Waals surface area contributed by atoms with Crippen LogP contribution in [0.1, 0.15) is 17.5 Å². The number of anilines is 1. The van der Waals surface area contributed by atoms with Crippen LogP contribution in [0.5, 0.6) is 5.75 Å². The Labute approximate surface area is 153 Å². The van der Waals surface area contributed by atoms with Crippen LogP contribution in [-0.2, 0) is 11.2 Å². The summed E-state index contributed by atoms with van der Waals surface area (Å²) < 4.78 is 5.79. The molecule has 2 unspecified atom stereocenters. The van der Waals surface area contributed by atoms with Gasteiger partial charge in [0.15, 0.2) is 6.23 Å². The highest BCUT2D eigenvalue weighted by atomic mass is 16.5. The second-order valence-electron chi connectivity index (χ2n) is 5.88. The van der Waals surface area contributed by atoms with Crippen molar-refractivity contribution in [2.24, 2.45) is 5.73 Å². The Bertz CT molecular complexity index is 694. The fourth-order valence-corrected chi connectivity index (χ4v) is 2.55. The Balaban J connectivity index is 2.25. The van der Waals surface area contributed by atoms with Gasteiger partial charge in [-0.3, -0.25) is 5.73 Å². The minimum Gasteiger partial charge on any atom is -0.470 e. The van der Waals surface area contributed by atoms with Crippen LogP contribution in [0.3, 0.4) is 0 Å². The lowest BCUT2D eigenvalue weighted by atomic mass is 10.0. The largest absolute Gasteiger partial charge is 0.470 e. The van der Waals surface area contributed by atoms with Crippen LogP contribution in [-0.4, -0.2) is 54.6 Å². The molecule has 2 rings (SSSR count). The van der Waals surface area contributed by atoms with Crippen molar-refractivity contribution >= 4 is 12.0 Å². The summed E-state index contributed by atoms with van der Waals surface area (Å²) in [7, 11) is 3.63. The van der Waals surface area contributed by atoms with Gasteiger partial charge < -0.3 is 24.9 Å². The van der Waals surface area contributed by atoms with Crippen molar-refractivity contribution in [3.8, 4) is 5.75 Å². The molecule has 0 fully saturated rings. The lowest BCUT2D eigenvalue weighted by Gasteiger charge is -2.24. The third kappa shape index (κ3) is 5.22. The molecule has 0 aliphatic rings. The van der Waals surface area contributed by atoms with E-state index < -0.39 is 6.23 Å². The molecule has 4 N–H and O–H groups in total. The van der Waals surface area contributed by atoms with E-state index in [2.05, 4.69) is 15.3 Å². The van der Waals surface area contributed by atoms with Gasteiger partial charge in [0.05, 0.1) is 18.8 Å². The van der Waals surface area contributed by atoms with E-state index in [1.54, 1.807) is 19.3 Å². The Kier molecular flexibility index (Phi) is 7.46. The number of ether oxygens (including phenoxy) is 1. The van der Waals surface area contributed by atoms with Gasteiger partial charge in [0, 0.05) is 31.0 Å². The van der Waals surface area contributed by atoms with Crippen LogP contribution in [0.2, 0.25) is 0 Å². The molecule has 140 valence electrons. The molecule has 0 aliphatic carbocycles. The van der Waals surface area contributed by atoms with Gasteiger partial charge in [0.1, 0.15) is 18.4 Å². The maximum Gasteiger partial charge on any atom is 0.191 e. The zero-order chi connectivity index (χ0) is 18.9. The molecule has 2 atom stereocenters. The molecule has 0 spiro atoms. The van der Waals surface area contributed by atoms with E-state index in [9.17, 15) is 9.90 Å². The number of aromatic nitrogens is 2. The first kappa shape index (κ1) is 19.8. The maximum absolute atomic E-state index is 10.9. The third-order valence-corrected chi connectivity index (χ3v) is 4.07. The van der Waals surface area contributed by atoms with Crippen LogP contribution in [0, 0.1) is 0 Å². The van der Waals surface area contributed by atoms with Crippen molar-refractivity contribution in [3.05, 3.63) is 48.0 Å². The number of aliphatic hydroxyl groups is 1. The monoisotopic (exact) mass is 359 g/mol. The highest BCUT2D eigenvalue weighted by molar-refractivity contribution is 5.64. The number of nitrogens with two attached hydrogens (primary N) is 1. The Morgan fingerprint density at radius 1 is 1.42 bits per heavy atom. The smallest absolute Gasteiger partial charge is 0.191 e. The van der Waals surface area contributed by atoms with Crippen LogP contribution < -0.4 is 20.7 Å². The van der Waals surface area contributed by atoms with Crippen LogP contribution in [0.15, 0.2) is 36.8 Å². The van der Waals surface area contributed by atoms with Crippen molar-refractivity contribution in [2.75, 3.05) is 32.1 Å². The number of hydrogen-bond donors (Lipinski definition) is 3. The van der Waals surface area contributed by atoms with Crippen molar-refractivity contribution in [2.45, 2.75) is 18.7 Å². The first-order chi connectivity index (χ1) is 12.6. The van der Waals surface area contributed by atoms with Crippen molar-refractivity contribution in [1.82, 2.24) is 15.3 Å². The number of benzene rings is 1. The third-order valence-electron chi connectivity index (χ3n) is 4.07. The second kappa shape index (κ2) is 9.81. The molecule has 0 aliphatic heterocycles. The van der Waals surface area contributed by atoms with E-state index in [0.717, 1.165) is 17.5 Å². The zero-order valence-electron chi connectivity index (χ0n) is 15.0. The molecular formula is C18H25N5O3. The highest BCUT2D eigenvalue weighted by Gasteiger charge is 2.15. The van der Waals surface area contributed by atoms with Crippen molar-refractivity contribution in [3.63, 3.8) is 0 Å². The van der Waals surface area contributed by atoms with Gasteiger partial charge in [0.2, 0.25) is 0 Å². The van der Waals surface area contributed by atoms with Gasteiger partial charge in [0.25, 0.3) is 0 Å². The summed E-state index contributed by atoms with van der Waals surface area (Å²) in [6.07, 6.45) is 3.74. The quantitative estimate of drug-likeness (QED) is 0.409. The highest BCUT2D eigenvalue weighted by Crippen LogP contribution is 2.28. The summed E-state index contributed by atoms with van der Waals surface area (Å²) in [6, 6.07) is 7.19. The summed E-state index contributed by atoms with van der Waals surface area (Å²) in [5, 5.41) is 12.5. The maximum atomic E-state index is 10.9.